The maximum absolute atomic E-state index is 12.2. The minimum atomic E-state index is -1.13. The second kappa shape index (κ2) is 8.82. The molecule has 1 aromatic carbocycles. The molecule has 0 N–H and O–H groups in total. The van der Waals surface area contributed by atoms with Crippen LogP contribution >= 0.6 is 0 Å². The Bertz CT molecular complexity index is 455. The van der Waals surface area contributed by atoms with Crippen molar-refractivity contribution < 1.29 is 28.2 Å². The number of carbonyl (C=O) groups excluding carboxylic acids is 2. The molecule has 108 valence electrons. The van der Waals surface area contributed by atoms with Crippen molar-refractivity contribution in [1.29, 1.82) is 0 Å². The highest BCUT2D eigenvalue weighted by atomic mass is 19.1. The third kappa shape index (κ3) is 6.10. The molecule has 0 saturated carbocycles. The van der Waals surface area contributed by atoms with Gasteiger partial charge < -0.3 is 14.2 Å². The molecule has 20 heavy (non-hydrogen) atoms. The quantitative estimate of drug-likeness (QED) is 0.300. The summed E-state index contributed by atoms with van der Waals surface area (Å²) in [6.07, 6.45) is 0.750. The molecule has 0 aromatic heterocycles. The first-order chi connectivity index (χ1) is 9.63. The maximum atomic E-state index is 12.2. The average Bonchev–Trinajstić information content (AvgIpc) is 2.46. The lowest BCUT2D eigenvalue weighted by atomic mass is 10.2. The van der Waals surface area contributed by atoms with Crippen LogP contribution in [0.25, 0.3) is 0 Å². The molecule has 0 aliphatic carbocycles. The van der Waals surface area contributed by atoms with E-state index in [1.54, 1.807) is 24.3 Å². The van der Waals surface area contributed by atoms with E-state index >= 15 is 0 Å². The first-order valence-electron chi connectivity index (χ1n) is 5.91. The largest absolute Gasteiger partial charge is 0.491 e. The van der Waals surface area contributed by atoms with Crippen LogP contribution in [-0.2, 0) is 14.3 Å². The van der Waals surface area contributed by atoms with Gasteiger partial charge in [-0.1, -0.05) is 6.58 Å². The number of aldehydes is 1. The smallest absolute Gasteiger partial charge is 0.366 e. The van der Waals surface area contributed by atoms with Crippen molar-refractivity contribution >= 4 is 12.3 Å². The van der Waals surface area contributed by atoms with E-state index in [1.807, 2.05) is 0 Å². The number of ether oxygens (including phenoxy) is 3. The lowest BCUT2D eigenvalue weighted by Gasteiger charge is -2.07. The van der Waals surface area contributed by atoms with Crippen molar-refractivity contribution in [2.75, 3.05) is 26.4 Å². The molecule has 0 radical (unpaired) electrons. The van der Waals surface area contributed by atoms with Gasteiger partial charge in [-0.25, -0.2) is 4.79 Å². The van der Waals surface area contributed by atoms with Crippen molar-refractivity contribution in [2.24, 2.45) is 0 Å². The van der Waals surface area contributed by atoms with Crippen LogP contribution in [0.3, 0.4) is 0 Å². The fraction of sp³-hybridized carbons (Fsp3) is 0.286. The van der Waals surface area contributed by atoms with Crippen LogP contribution in [0.5, 0.6) is 5.75 Å². The van der Waals surface area contributed by atoms with Crippen LogP contribution in [0, 0.1) is 0 Å². The topological polar surface area (TPSA) is 61.8 Å². The van der Waals surface area contributed by atoms with E-state index in [-0.39, 0.29) is 13.2 Å². The van der Waals surface area contributed by atoms with Crippen molar-refractivity contribution in [3.8, 4) is 5.75 Å². The Hall–Kier alpha value is -2.21. The summed E-state index contributed by atoms with van der Waals surface area (Å²) in [5.74, 6) is -1.59. The zero-order chi connectivity index (χ0) is 14.8. The molecule has 0 amide bonds. The molecule has 0 saturated heterocycles. The Morgan fingerprint density at radius 2 is 1.80 bits per heavy atom. The summed E-state index contributed by atoms with van der Waals surface area (Å²) < 4.78 is 27.2. The zero-order valence-corrected chi connectivity index (χ0v) is 10.8. The normalized spacial score (nSPS) is 9.85. The van der Waals surface area contributed by atoms with Crippen molar-refractivity contribution in [1.82, 2.24) is 0 Å². The molecule has 1 rings (SSSR count). The number of benzene rings is 1. The van der Waals surface area contributed by atoms with E-state index in [9.17, 15) is 14.0 Å². The van der Waals surface area contributed by atoms with Gasteiger partial charge in [-0.2, -0.15) is 4.39 Å². The van der Waals surface area contributed by atoms with Gasteiger partial charge in [-0.15, -0.1) is 0 Å². The minimum Gasteiger partial charge on any atom is -0.491 e. The number of rotatable bonds is 9. The summed E-state index contributed by atoms with van der Waals surface area (Å²) in [7, 11) is 0. The van der Waals surface area contributed by atoms with Gasteiger partial charge in [0.05, 0.1) is 13.2 Å². The Labute approximate surface area is 115 Å². The molecule has 0 bridgehead atoms. The van der Waals surface area contributed by atoms with E-state index in [0.29, 0.717) is 24.5 Å². The molecular formula is C14H15FO5. The fourth-order valence-electron chi connectivity index (χ4n) is 1.23. The number of hydrogen-bond acceptors (Lipinski definition) is 5. The Morgan fingerprint density at radius 3 is 2.40 bits per heavy atom. The molecule has 0 aliphatic heterocycles. The molecule has 1 aromatic rings. The van der Waals surface area contributed by atoms with Crippen molar-refractivity contribution in [3.63, 3.8) is 0 Å². The summed E-state index contributed by atoms with van der Waals surface area (Å²) in [5, 5.41) is 0. The summed E-state index contributed by atoms with van der Waals surface area (Å²) in [6.45, 7) is 3.51. The van der Waals surface area contributed by atoms with Gasteiger partial charge >= 0.3 is 5.97 Å². The number of halogens is 1. The molecule has 5 nitrogen and oxygen atoms in total. The zero-order valence-electron chi connectivity index (χ0n) is 10.8. The lowest BCUT2D eigenvalue weighted by molar-refractivity contribution is -0.142. The van der Waals surface area contributed by atoms with Gasteiger partial charge in [0.25, 0.3) is 0 Å². The van der Waals surface area contributed by atoms with Gasteiger partial charge in [-0.3, -0.25) is 4.79 Å². The molecule has 0 heterocycles. The highest BCUT2D eigenvalue weighted by molar-refractivity contribution is 5.85. The van der Waals surface area contributed by atoms with Crippen LogP contribution in [0.4, 0.5) is 4.39 Å². The molecule has 6 heteroatoms. The molecular weight excluding hydrogens is 267 g/mol. The molecule has 0 unspecified atom stereocenters. The Balaban J connectivity index is 2.05. The Morgan fingerprint density at radius 1 is 1.15 bits per heavy atom. The van der Waals surface area contributed by atoms with Crippen LogP contribution in [0.2, 0.25) is 0 Å². The van der Waals surface area contributed by atoms with E-state index in [0.717, 1.165) is 6.29 Å². The predicted molar refractivity (Wildman–Crippen MR) is 69.4 cm³/mol. The van der Waals surface area contributed by atoms with Crippen LogP contribution < -0.4 is 4.74 Å². The van der Waals surface area contributed by atoms with Gasteiger partial charge in [0.1, 0.15) is 25.2 Å². The summed E-state index contributed by atoms with van der Waals surface area (Å²) >= 11 is 0. The van der Waals surface area contributed by atoms with Crippen LogP contribution in [0.1, 0.15) is 10.4 Å². The van der Waals surface area contributed by atoms with Crippen LogP contribution in [-0.4, -0.2) is 38.7 Å². The standard InChI is InChI=1S/C14H15FO5/c1-11(15)14(17)20-9-7-18-6-8-19-13-4-2-12(10-16)3-5-13/h2-5,10H,1,6-9H2. The predicted octanol–water partition coefficient (Wildman–Crippen LogP) is 1.92. The maximum Gasteiger partial charge on any atom is 0.366 e. The van der Waals surface area contributed by atoms with E-state index in [4.69, 9.17) is 9.47 Å². The van der Waals surface area contributed by atoms with Gasteiger partial charge in [0.2, 0.25) is 5.83 Å². The minimum absolute atomic E-state index is 0.0458. The third-order valence-corrected chi connectivity index (χ3v) is 2.19. The molecule has 0 spiro atoms. The highest BCUT2D eigenvalue weighted by Gasteiger charge is 2.05. The highest BCUT2D eigenvalue weighted by Crippen LogP contribution is 2.10. The summed E-state index contributed by atoms with van der Waals surface area (Å²) in [6, 6.07) is 6.65. The second-order valence-corrected chi connectivity index (χ2v) is 3.69. The third-order valence-electron chi connectivity index (χ3n) is 2.19. The first-order valence-corrected chi connectivity index (χ1v) is 5.91. The second-order valence-electron chi connectivity index (χ2n) is 3.69. The monoisotopic (exact) mass is 282 g/mol. The summed E-state index contributed by atoms with van der Waals surface area (Å²) in [5.41, 5.74) is 0.574. The van der Waals surface area contributed by atoms with Crippen LogP contribution in [0.15, 0.2) is 36.7 Å². The Kier molecular flexibility index (Phi) is 6.99. The fourth-order valence-corrected chi connectivity index (χ4v) is 1.23. The SMILES string of the molecule is C=C(F)C(=O)OCCOCCOc1ccc(C=O)cc1. The first kappa shape index (κ1) is 15.8. The van der Waals surface area contributed by atoms with E-state index in [2.05, 4.69) is 11.3 Å². The van der Waals surface area contributed by atoms with Gasteiger partial charge in [0.15, 0.2) is 0 Å². The summed E-state index contributed by atoms with van der Waals surface area (Å²) in [4.78, 5) is 21.1. The lowest BCUT2D eigenvalue weighted by Crippen LogP contribution is -2.13. The average molecular weight is 282 g/mol. The van der Waals surface area contributed by atoms with Crippen molar-refractivity contribution in [3.05, 3.63) is 42.2 Å². The van der Waals surface area contributed by atoms with E-state index in [1.165, 1.54) is 0 Å². The van der Waals surface area contributed by atoms with E-state index < -0.39 is 11.8 Å². The molecule has 0 aliphatic rings. The van der Waals surface area contributed by atoms with Crippen molar-refractivity contribution in [2.45, 2.75) is 0 Å². The number of hydrogen-bond donors (Lipinski definition) is 0. The molecule has 0 atom stereocenters. The van der Waals surface area contributed by atoms with Gasteiger partial charge in [-0.05, 0) is 24.3 Å². The molecule has 0 fully saturated rings. The number of esters is 1. The van der Waals surface area contributed by atoms with Gasteiger partial charge in [0, 0.05) is 5.56 Å². The number of carbonyl (C=O) groups is 2.